The first-order valence-corrected chi connectivity index (χ1v) is 8.27. The van der Waals surface area contributed by atoms with Gasteiger partial charge in [-0.15, -0.1) is 0 Å². The van der Waals surface area contributed by atoms with Gasteiger partial charge in [0.05, 0.1) is 18.6 Å². The molecule has 2 aromatic carbocycles. The molecule has 8 heteroatoms. The number of carbonyl (C=O) groups is 2. The summed E-state index contributed by atoms with van der Waals surface area (Å²) in [5, 5.41) is 25.4. The van der Waals surface area contributed by atoms with Gasteiger partial charge in [0.1, 0.15) is 17.2 Å². The van der Waals surface area contributed by atoms with E-state index in [0.717, 1.165) is 6.07 Å². The summed E-state index contributed by atoms with van der Waals surface area (Å²) in [4.78, 5) is 24.0. The lowest BCUT2D eigenvalue weighted by molar-refractivity contribution is -0.115. The van der Waals surface area contributed by atoms with Crippen LogP contribution in [0.5, 0.6) is 17.2 Å². The number of phenolic OH excluding ortho intramolecular Hbond substituents is 2. The second-order valence-corrected chi connectivity index (χ2v) is 5.67. The lowest BCUT2D eigenvalue weighted by atomic mass is 10.2. The molecule has 0 saturated carbocycles. The molecule has 142 valence electrons. The minimum absolute atomic E-state index is 0.0188. The molecule has 2 amide bonds. The van der Waals surface area contributed by atoms with Crippen molar-refractivity contribution in [1.82, 2.24) is 5.43 Å². The van der Waals surface area contributed by atoms with Crippen molar-refractivity contribution in [1.29, 1.82) is 0 Å². The highest BCUT2D eigenvalue weighted by Crippen LogP contribution is 2.22. The third-order valence-electron chi connectivity index (χ3n) is 3.44. The zero-order chi connectivity index (χ0) is 19.8. The van der Waals surface area contributed by atoms with E-state index in [4.69, 9.17) is 4.74 Å². The molecule has 0 aromatic heterocycles. The minimum Gasteiger partial charge on any atom is -0.508 e. The van der Waals surface area contributed by atoms with Crippen molar-refractivity contribution in [2.45, 2.75) is 20.3 Å². The Morgan fingerprint density at radius 3 is 2.44 bits per heavy atom. The average molecular weight is 371 g/mol. The van der Waals surface area contributed by atoms with Crippen LogP contribution in [0.1, 0.15) is 30.6 Å². The van der Waals surface area contributed by atoms with Crippen LogP contribution in [0.15, 0.2) is 47.6 Å². The van der Waals surface area contributed by atoms with E-state index in [1.54, 1.807) is 31.2 Å². The second kappa shape index (κ2) is 9.23. The first kappa shape index (κ1) is 19.8. The van der Waals surface area contributed by atoms with Crippen molar-refractivity contribution in [3.63, 3.8) is 0 Å². The van der Waals surface area contributed by atoms with Crippen molar-refractivity contribution in [2.75, 3.05) is 11.9 Å². The number of nitrogens with one attached hydrogen (secondary N) is 2. The first-order chi connectivity index (χ1) is 12.9. The number of aromatic hydroxyl groups is 2. The van der Waals surface area contributed by atoms with Crippen LogP contribution in [0.25, 0.3) is 0 Å². The number of anilines is 1. The Morgan fingerprint density at radius 2 is 1.81 bits per heavy atom. The Hall–Kier alpha value is -3.55. The topological polar surface area (TPSA) is 120 Å². The first-order valence-electron chi connectivity index (χ1n) is 8.27. The molecule has 0 spiro atoms. The summed E-state index contributed by atoms with van der Waals surface area (Å²) in [6.07, 6.45) is -0.0188. The molecule has 0 atom stereocenters. The van der Waals surface area contributed by atoms with Gasteiger partial charge in [-0.3, -0.25) is 9.59 Å². The number of benzene rings is 2. The highest BCUT2D eigenvalue weighted by atomic mass is 16.5. The van der Waals surface area contributed by atoms with Crippen LogP contribution < -0.4 is 15.5 Å². The van der Waals surface area contributed by atoms with Gasteiger partial charge in [-0.1, -0.05) is 0 Å². The predicted molar refractivity (Wildman–Crippen MR) is 101 cm³/mol. The maximum atomic E-state index is 12.0. The SMILES string of the molecule is CCOc1ccc(NC(=O)CC(C)=NNC(=O)c2ccc(O)cc2O)cc1. The molecular formula is C19H21N3O5. The molecule has 4 N–H and O–H groups in total. The standard InChI is InChI=1S/C19H21N3O5/c1-3-27-15-7-4-13(5-8-15)20-18(25)10-12(2)21-22-19(26)16-9-6-14(23)11-17(16)24/h4-9,11,23-24H,3,10H2,1-2H3,(H,20,25)(H,22,26). The fourth-order valence-corrected chi connectivity index (χ4v) is 2.20. The van der Waals surface area contributed by atoms with Gasteiger partial charge in [0, 0.05) is 17.5 Å². The largest absolute Gasteiger partial charge is 0.508 e. The van der Waals surface area contributed by atoms with Gasteiger partial charge >= 0.3 is 0 Å². The molecule has 0 bridgehead atoms. The Kier molecular flexibility index (Phi) is 6.76. The third-order valence-corrected chi connectivity index (χ3v) is 3.44. The Morgan fingerprint density at radius 1 is 1.11 bits per heavy atom. The van der Waals surface area contributed by atoms with Crippen molar-refractivity contribution < 1.29 is 24.5 Å². The summed E-state index contributed by atoms with van der Waals surface area (Å²) in [6.45, 7) is 4.04. The van der Waals surface area contributed by atoms with E-state index >= 15 is 0 Å². The number of amides is 2. The van der Waals surface area contributed by atoms with Crippen molar-refractivity contribution in [3.05, 3.63) is 48.0 Å². The lowest BCUT2D eigenvalue weighted by Gasteiger charge is -2.07. The second-order valence-electron chi connectivity index (χ2n) is 5.67. The number of rotatable bonds is 7. The fourth-order valence-electron chi connectivity index (χ4n) is 2.20. The number of phenols is 2. The normalized spacial score (nSPS) is 11.0. The number of hydrogen-bond acceptors (Lipinski definition) is 6. The lowest BCUT2D eigenvalue weighted by Crippen LogP contribution is -2.21. The van der Waals surface area contributed by atoms with Crippen LogP contribution in [-0.2, 0) is 4.79 Å². The van der Waals surface area contributed by atoms with E-state index in [1.165, 1.54) is 12.1 Å². The number of carbonyl (C=O) groups excluding carboxylic acids is 2. The highest BCUT2D eigenvalue weighted by Gasteiger charge is 2.11. The number of hydrogen-bond donors (Lipinski definition) is 4. The monoisotopic (exact) mass is 371 g/mol. The fraction of sp³-hybridized carbons (Fsp3) is 0.211. The maximum Gasteiger partial charge on any atom is 0.275 e. The molecule has 27 heavy (non-hydrogen) atoms. The van der Waals surface area contributed by atoms with Crippen molar-refractivity contribution >= 4 is 23.2 Å². The van der Waals surface area contributed by atoms with Crippen LogP contribution >= 0.6 is 0 Å². The van der Waals surface area contributed by atoms with E-state index in [1.807, 2.05) is 6.92 Å². The van der Waals surface area contributed by atoms with Crippen LogP contribution in [0.4, 0.5) is 5.69 Å². The smallest absolute Gasteiger partial charge is 0.275 e. The maximum absolute atomic E-state index is 12.0. The average Bonchev–Trinajstić information content (AvgIpc) is 2.61. The van der Waals surface area contributed by atoms with Crippen LogP contribution in [-0.4, -0.2) is 34.3 Å². The molecule has 0 radical (unpaired) electrons. The van der Waals surface area contributed by atoms with Crippen LogP contribution in [0.2, 0.25) is 0 Å². The summed E-state index contributed by atoms with van der Waals surface area (Å²) in [6, 6.07) is 10.6. The van der Waals surface area contributed by atoms with Gasteiger partial charge < -0.3 is 20.3 Å². The Labute approximate surface area is 156 Å². The quantitative estimate of drug-likeness (QED) is 0.440. The molecular weight excluding hydrogens is 350 g/mol. The number of hydrazone groups is 1. The van der Waals surface area contributed by atoms with Gasteiger partial charge in [0.25, 0.3) is 5.91 Å². The Balaban J connectivity index is 1.88. The molecule has 0 saturated heterocycles. The molecule has 0 unspecified atom stereocenters. The zero-order valence-corrected chi connectivity index (χ0v) is 15.0. The molecule has 0 aliphatic heterocycles. The third kappa shape index (κ3) is 6.03. The van der Waals surface area contributed by atoms with Gasteiger partial charge in [-0.05, 0) is 50.2 Å². The summed E-state index contributed by atoms with van der Waals surface area (Å²) in [7, 11) is 0. The van der Waals surface area contributed by atoms with E-state index < -0.39 is 5.91 Å². The van der Waals surface area contributed by atoms with E-state index in [-0.39, 0.29) is 29.4 Å². The molecule has 0 fully saturated rings. The Bertz CT molecular complexity index is 847. The van der Waals surface area contributed by atoms with Crippen molar-refractivity contribution in [3.8, 4) is 17.2 Å². The molecule has 0 heterocycles. The number of ether oxygens (including phenoxy) is 1. The van der Waals surface area contributed by atoms with Crippen LogP contribution in [0, 0.1) is 0 Å². The highest BCUT2D eigenvalue weighted by molar-refractivity contribution is 6.06. The van der Waals surface area contributed by atoms with Crippen LogP contribution in [0.3, 0.4) is 0 Å². The molecule has 0 aliphatic rings. The number of nitrogens with zero attached hydrogens (tertiary/aromatic N) is 1. The minimum atomic E-state index is -0.654. The molecule has 2 aromatic rings. The molecule has 0 aliphatic carbocycles. The van der Waals surface area contributed by atoms with E-state index in [9.17, 15) is 19.8 Å². The summed E-state index contributed by atoms with van der Waals surface area (Å²) in [5.74, 6) is -0.752. The predicted octanol–water partition coefficient (Wildman–Crippen LogP) is 2.63. The zero-order valence-electron chi connectivity index (χ0n) is 15.0. The van der Waals surface area contributed by atoms with E-state index in [2.05, 4.69) is 15.8 Å². The van der Waals surface area contributed by atoms with Gasteiger partial charge in [-0.2, -0.15) is 5.10 Å². The van der Waals surface area contributed by atoms with Gasteiger partial charge in [0.15, 0.2) is 0 Å². The van der Waals surface area contributed by atoms with Crippen molar-refractivity contribution in [2.24, 2.45) is 5.10 Å². The summed E-state index contributed by atoms with van der Waals surface area (Å²) in [5.41, 5.74) is 3.22. The summed E-state index contributed by atoms with van der Waals surface area (Å²) >= 11 is 0. The van der Waals surface area contributed by atoms with Gasteiger partial charge in [-0.25, -0.2) is 5.43 Å². The summed E-state index contributed by atoms with van der Waals surface area (Å²) < 4.78 is 5.33. The van der Waals surface area contributed by atoms with E-state index in [0.29, 0.717) is 23.8 Å². The van der Waals surface area contributed by atoms with Gasteiger partial charge in [0.2, 0.25) is 5.91 Å². The molecule has 8 nitrogen and oxygen atoms in total. The molecule has 2 rings (SSSR count).